The van der Waals surface area contributed by atoms with Crippen molar-refractivity contribution in [3.63, 3.8) is 0 Å². The van der Waals surface area contributed by atoms with Crippen LogP contribution >= 0.6 is 27.5 Å². The van der Waals surface area contributed by atoms with Gasteiger partial charge in [-0.15, -0.1) is 0 Å². The average Bonchev–Trinajstić information content (AvgIpc) is 2.52. The molecule has 0 atom stereocenters. The number of rotatable bonds is 7. The number of nitrogens with one attached hydrogen (secondary N) is 1. The van der Waals surface area contributed by atoms with Crippen LogP contribution in [0.4, 0.5) is 0 Å². The van der Waals surface area contributed by atoms with Crippen LogP contribution in [0.15, 0.2) is 46.9 Å². The molecule has 0 unspecified atom stereocenters. The monoisotopic (exact) mass is 411 g/mol. The summed E-state index contributed by atoms with van der Waals surface area (Å²) in [5.74, 6) is 1.16. The van der Waals surface area contributed by atoms with Gasteiger partial charge >= 0.3 is 0 Å². The van der Waals surface area contributed by atoms with Gasteiger partial charge in [0, 0.05) is 11.6 Å². The van der Waals surface area contributed by atoms with E-state index in [0.29, 0.717) is 21.8 Å². The fourth-order valence-corrected chi connectivity index (χ4v) is 2.79. The van der Waals surface area contributed by atoms with Crippen molar-refractivity contribution >= 4 is 33.4 Å². The molecule has 0 aliphatic heterocycles. The van der Waals surface area contributed by atoms with Crippen LogP contribution in [0.1, 0.15) is 19.4 Å². The number of ether oxygens (including phenoxy) is 2. The Hall–Kier alpha value is -1.72. The van der Waals surface area contributed by atoms with Crippen LogP contribution in [0.3, 0.4) is 0 Å². The summed E-state index contributed by atoms with van der Waals surface area (Å²) in [5.41, 5.74) is 0.967. The summed E-state index contributed by atoms with van der Waals surface area (Å²) in [6.07, 6.45) is 0.112. The number of hydrogen-bond donors (Lipinski definition) is 1. The Balaban J connectivity index is 1.82. The van der Waals surface area contributed by atoms with Crippen molar-refractivity contribution in [3.8, 4) is 11.5 Å². The van der Waals surface area contributed by atoms with Crippen LogP contribution in [-0.4, -0.2) is 18.6 Å². The molecule has 0 fully saturated rings. The number of benzene rings is 2. The highest BCUT2D eigenvalue weighted by molar-refractivity contribution is 9.10. The average molecular weight is 413 g/mol. The third-order valence-corrected chi connectivity index (χ3v) is 3.87. The molecule has 0 aromatic heterocycles. The van der Waals surface area contributed by atoms with Gasteiger partial charge in [-0.1, -0.05) is 23.7 Å². The molecule has 0 saturated carbocycles. The highest BCUT2D eigenvalue weighted by Gasteiger charge is 2.07. The van der Waals surface area contributed by atoms with Gasteiger partial charge in [-0.25, -0.2) is 0 Å². The molecule has 0 bridgehead atoms. The minimum Gasteiger partial charge on any atom is -0.491 e. The Morgan fingerprint density at radius 3 is 2.75 bits per heavy atom. The van der Waals surface area contributed by atoms with E-state index < -0.39 is 0 Å². The van der Waals surface area contributed by atoms with Crippen molar-refractivity contribution < 1.29 is 14.3 Å². The second-order valence-electron chi connectivity index (χ2n) is 5.45. The van der Waals surface area contributed by atoms with E-state index in [0.717, 1.165) is 11.3 Å². The Morgan fingerprint density at radius 2 is 2.04 bits per heavy atom. The normalized spacial score (nSPS) is 10.5. The molecule has 0 aliphatic carbocycles. The maximum absolute atomic E-state index is 11.9. The zero-order chi connectivity index (χ0) is 17.5. The van der Waals surface area contributed by atoms with Gasteiger partial charge in [0.15, 0.2) is 6.61 Å². The third kappa shape index (κ3) is 6.06. The van der Waals surface area contributed by atoms with Crippen molar-refractivity contribution in [2.75, 3.05) is 6.61 Å². The van der Waals surface area contributed by atoms with Crippen LogP contribution in [0.25, 0.3) is 0 Å². The van der Waals surface area contributed by atoms with Gasteiger partial charge in [-0.2, -0.15) is 0 Å². The Morgan fingerprint density at radius 1 is 1.25 bits per heavy atom. The predicted molar refractivity (Wildman–Crippen MR) is 98.7 cm³/mol. The van der Waals surface area contributed by atoms with E-state index in [2.05, 4.69) is 21.2 Å². The largest absolute Gasteiger partial charge is 0.491 e. The van der Waals surface area contributed by atoms with Crippen molar-refractivity contribution in [2.24, 2.45) is 0 Å². The molecule has 1 amide bonds. The first-order chi connectivity index (χ1) is 11.4. The Labute approximate surface area is 155 Å². The van der Waals surface area contributed by atoms with E-state index in [-0.39, 0.29) is 18.6 Å². The molecule has 2 aromatic rings. The summed E-state index contributed by atoms with van der Waals surface area (Å²) in [7, 11) is 0. The number of carbonyl (C=O) groups is 1. The first-order valence-corrected chi connectivity index (χ1v) is 8.71. The van der Waals surface area contributed by atoms with E-state index in [9.17, 15) is 4.79 Å². The number of carbonyl (C=O) groups excluding carboxylic acids is 1. The molecule has 1 N–H and O–H groups in total. The van der Waals surface area contributed by atoms with E-state index in [1.54, 1.807) is 18.2 Å². The number of hydrogen-bond acceptors (Lipinski definition) is 3. The molecule has 2 aromatic carbocycles. The maximum atomic E-state index is 11.9. The molecule has 0 aliphatic rings. The van der Waals surface area contributed by atoms with Crippen molar-refractivity contribution in [1.82, 2.24) is 5.32 Å². The quantitative estimate of drug-likeness (QED) is 0.724. The SMILES string of the molecule is CC(C)Oc1cccc(CNC(=O)COc2ccc(Cl)cc2Br)c1. The molecule has 128 valence electrons. The van der Waals surface area contributed by atoms with Crippen LogP contribution in [0.5, 0.6) is 11.5 Å². The van der Waals surface area contributed by atoms with Gasteiger partial charge in [0.25, 0.3) is 5.91 Å². The standard InChI is InChI=1S/C18H19BrClNO3/c1-12(2)24-15-5-3-4-13(8-15)10-21-18(22)11-23-17-7-6-14(20)9-16(17)19/h3-9,12H,10-11H2,1-2H3,(H,21,22). The van der Waals surface area contributed by atoms with Gasteiger partial charge in [0.1, 0.15) is 11.5 Å². The van der Waals surface area contributed by atoms with E-state index in [1.807, 2.05) is 38.1 Å². The van der Waals surface area contributed by atoms with Crippen LogP contribution < -0.4 is 14.8 Å². The number of halogens is 2. The van der Waals surface area contributed by atoms with Gasteiger partial charge in [0.2, 0.25) is 0 Å². The molecule has 0 spiro atoms. The van der Waals surface area contributed by atoms with Crippen LogP contribution in [0.2, 0.25) is 5.02 Å². The van der Waals surface area contributed by atoms with Crippen molar-refractivity contribution in [1.29, 1.82) is 0 Å². The lowest BCUT2D eigenvalue weighted by Crippen LogP contribution is -2.28. The smallest absolute Gasteiger partial charge is 0.258 e. The minimum atomic E-state index is -0.202. The first kappa shape index (κ1) is 18.6. The third-order valence-electron chi connectivity index (χ3n) is 3.01. The lowest BCUT2D eigenvalue weighted by Gasteiger charge is -2.12. The zero-order valence-corrected chi connectivity index (χ0v) is 15.9. The van der Waals surface area contributed by atoms with E-state index in [1.165, 1.54) is 0 Å². The molecule has 6 heteroatoms. The van der Waals surface area contributed by atoms with Crippen LogP contribution in [0, 0.1) is 0 Å². The van der Waals surface area contributed by atoms with Crippen LogP contribution in [-0.2, 0) is 11.3 Å². The van der Waals surface area contributed by atoms with E-state index >= 15 is 0 Å². The predicted octanol–water partition coefficient (Wildman–Crippen LogP) is 4.58. The molecule has 2 rings (SSSR count). The van der Waals surface area contributed by atoms with E-state index in [4.69, 9.17) is 21.1 Å². The molecular weight excluding hydrogens is 394 g/mol. The minimum absolute atomic E-state index is 0.0670. The Bertz CT molecular complexity index is 706. The molecule has 24 heavy (non-hydrogen) atoms. The first-order valence-electron chi connectivity index (χ1n) is 7.54. The molecular formula is C18H19BrClNO3. The van der Waals surface area contributed by atoms with Crippen molar-refractivity contribution in [2.45, 2.75) is 26.5 Å². The second-order valence-corrected chi connectivity index (χ2v) is 6.74. The summed E-state index contributed by atoms with van der Waals surface area (Å²) < 4.78 is 11.8. The fraction of sp³-hybridized carbons (Fsp3) is 0.278. The van der Waals surface area contributed by atoms with Gasteiger partial charge in [-0.3, -0.25) is 4.79 Å². The summed E-state index contributed by atoms with van der Waals surface area (Å²) in [6, 6.07) is 12.8. The van der Waals surface area contributed by atoms with Gasteiger partial charge in [-0.05, 0) is 65.7 Å². The molecule has 4 nitrogen and oxygen atoms in total. The lowest BCUT2D eigenvalue weighted by molar-refractivity contribution is -0.123. The zero-order valence-electron chi connectivity index (χ0n) is 13.5. The summed E-state index contributed by atoms with van der Waals surface area (Å²) in [4.78, 5) is 11.9. The maximum Gasteiger partial charge on any atom is 0.258 e. The number of amides is 1. The lowest BCUT2D eigenvalue weighted by atomic mass is 10.2. The molecule has 0 saturated heterocycles. The molecule has 0 radical (unpaired) electrons. The highest BCUT2D eigenvalue weighted by Crippen LogP contribution is 2.27. The Kier molecular flexibility index (Phi) is 6.94. The van der Waals surface area contributed by atoms with Gasteiger partial charge in [0.05, 0.1) is 10.6 Å². The highest BCUT2D eigenvalue weighted by atomic mass is 79.9. The summed E-state index contributed by atoms with van der Waals surface area (Å²) >= 11 is 9.21. The fourth-order valence-electron chi connectivity index (χ4n) is 1.99. The topological polar surface area (TPSA) is 47.6 Å². The second kappa shape index (κ2) is 8.94. The summed E-state index contributed by atoms with van der Waals surface area (Å²) in [5, 5.41) is 3.42. The van der Waals surface area contributed by atoms with Gasteiger partial charge < -0.3 is 14.8 Å². The summed E-state index contributed by atoms with van der Waals surface area (Å²) in [6.45, 7) is 4.29. The van der Waals surface area contributed by atoms with Crippen molar-refractivity contribution in [3.05, 3.63) is 57.5 Å². The molecule has 0 heterocycles.